The third kappa shape index (κ3) is 8.67. The number of anilines is 1. The van der Waals surface area contributed by atoms with E-state index in [2.05, 4.69) is 52.2 Å². The summed E-state index contributed by atoms with van der Waals surface area (Å²) in [5, 5.41) is 12.2. The molecule has 0 saturated carbocycles. The van der Waals surface area contributed by atoms with Crippen molar-refractivity contribution in [3.05, 3.63) is 202 Å². The van der Waals surface area contributed by atoms with E-state index >= 15 is 0 Å². The first-order valence-electron chi connectivity index (χ1n) is 19.4. The molecule has 3 heterocycles. The van der Waals surface area contributed by atoms with E-state index in [0.717, 1.165) is 27.8 Å². The van der Waals surface area contributed by atoms with Crippen molar-refractivity contribution in [3.8, 4) is 0 Å². The lowest BCUT2D eigenvalue weighted by Gasteiger charge is -2.50. The van der Waals surface area contributed by atoms with Crippen molar-refractivity contribution in [1.82, 2.24) is 15.2 Å². The molecule has 0 radical (unpaired) electrons. The number of carbonyl (C=O) groups excluding carboxylic acids is 3. The van der Waals surface area contributed by atoms with Gasteiger partial charge in [-0.2, -0.15) is 0 Å². The number of carbonyl (C=O) groups is 3. The van der Waals surface area contributed by atoms with Crippen LogP contribution in [0.25, 0.3) is 0 Å². The smallest absolute Gasteiger partial charge is 0.356 e. The van der Waals surface area contributed by atoms with Gasteiger partial charge in [0, 0.05) is 17.6 Å². The second-order valence-electron chi connectivity index (χ2n) is 14.1. The van der Waals surface area contributed by atoms with Gasteiger partial charge in [-0.3, -0.25) is 14.5 Å². The summed E-state index contributed by atoms with van der Waals surface area (Å²) in [6.07, 6.45) is -0.615. The van der Waals surface area contributed by atoms with Crippen LogP contribution in [0.2, 0.25) is 0 Å². The summed E-state index contributed by atoms with van der Waals surface area (Å²) in [6.45, 7) is 0. The number of rotatable bonds is 15. The van der Waals surface area contributed by atoms with Crippen molar-refractivity contribution in [3.63, 3.8) is 0 Å². The van der Waals surface area contributed by atoms with Gasteiger partial charge in [0.05, 0.1) is 0 Å². The Balaban J connectivity index is 1.05. The molecule has 2 unspecified atom stereocenters. The quantitative estimate of drug-likeness (QED) is 0.0262. The highest BCUT2D eigenvalue weighted by molar-refractivity contribution is 8.00. The lowest BCUT2D eigenvalue weighted by molar-refractivity contribution is -0.154. The van der Waals surface area contributed by atoms with Gasteiger partial charge in [-0.25, -0.2) is 9.78 Å². The number of amides is 2. The summed E-state index contributed by atoms with van der Waals surface area (Å²) in [4.78, 5) is 53.0. The molecule has 14 heteroatoms. The Kier molecular flexibility index (Phi) is 12.9. The Morgan fingerprint density at radius 2 is 1.33 bits per heavy atom. The number of β-lactam (4-membered cyclic amide) rings is 1. The Morgan fingerprint density at radius 3 is 1.82 bits per heavy atom. The number of alkyl halides is 2. The van der Waals surface area contributed by atoms with E-state index in [1.807, 2.05) is 115 Å². The van der Waals surface area contributed by atoms with E-state index in [-0.39, 0.29) is 23.5 Å². The number of oxime groups is 1. The van der Waals surface area contributed by atoms with Crippen molar-refractivity contribution in [1.29, 1.82) is 0 Å². The average Bonchev–Trinajstić information content (AvgIpc) is 3.77. The van der Waals surface area contributed by atoms with Crippen LogP contribution in [0, 0.1) is 0 Å². The minimum absolute atomic E-state index is 0.0714. The molecule has 0 aliphatic carbocycles. The molecule has 0 spiro atoms. The fraction of sp³-hybridized carbons (Fsp3) is 0.170. The number of ether oxygens (including phenoxy) is 1. The maximum Gasteiger partial charge on any atom is 0.356 e. The van der Waals surface area contributed by atoms with Gasteiger partial charge in [0.1, 0.15) is 40.3 Å². The van der Waals surface area contributed by atoms with Crippen LogP contribution < -0.4 is 10.6 Å². The number of esters is 1. The maximum atomic E-state index is 14.3. The maximum absolute atomic E-state index is 14.3. The summed E-state index contributed by atoms with van der Waals surface area (Å²) in [7, 11) is 1.33. The molecule has 1 fully saturated rings. The number of benzene rings is 5. The Labute approximate surface area is 371 Å². The molecule has 5 aromatic carbocycles. The molecule has 1 saturated heterocycles. The van der Waals surface area contributed by atoms with E-state index in [4.69, 9.17) is 37.8 Å². The average molecular weight is 889 g/mol. The minimum Gasteiger partial charge on any atom is -0.448 e. The summed E-state index contributed by atoms with van der Waals surface area (Å²) in [6, 6.07) is 48.0. The van der Waals surface area contributed by atoms with Gasteiger partial charge >= 0.3 is 5.97 Å². The zero-order valence-corrected chi connectivity index (χ0v) is 35.8. The number of hydrogen-bond acceptors (Lipinski definition) is 10. The Hall–Kier alpha value is -5.92. The van der Waals surface area contributed by atoms with Gasteiger partial charge in [-0.15, -0.1) is 46.3 Å². The second kappa shape index (κ2) is 18.8. The number of thiazole rings is 1. The summed E-state index contributed by atoms with van der Waals surface area (Å²) < 4.78 is 6.22. The van der Waals surface area contributed by atoms with E-state index in [9.17, 15) is 14.4 Å². The molecule has 308 valence electrons. The van der Waals surface area contributed by atoms with Crippen molar-refractivity contribution in [2.24, 2.45) is 5.16 Å². The van der Waals surface area contributed by atoms with Gasteiger partial charge in [0.2, 0.25) is 0 Å². The zero-order chi connectivity index (χ0) is 42.3. The third-order valence-corrected chi connectivity index (χ3v) is 12.8. The van der Waals surface area contributed by atoms with Crippen LogP contribution >= 0.6 is 46.3 Å². The predicted octanol–water partition coefficient (Wildman–Crippen LogP) is 9.08. The Morgan fingerprint density at radius 1 is 0.820 bits per heavy atom. The summed E-state index contributed by atoms with van der Waals surface area (Å²) in [5.41, 5.74) is 4.36. The lowest BCUT2D eigenvalue weighted by Crippen LogP contribution is -2.71. The highest BCUT2D eigenvalue weighted by Gasteiger charge is 2.55. The van der Waals surface area contributed by atoms with E-state index < -0.39 is 45.7 Å². The fourth-order valence-electron chi connectivity index (χ4n) is 7.65. The molecule has 61 heavy (non-hydrogen) atoms. The van der Waals surface area contributed by atoms with E-state index in [1.165, 1.54) is 35.1 Å². The first-order chi connectivity index (χ1) is 29.8. The molecule has 10 nitrogen and oxygen atoms in total. The number of nitrogens with zero attached hydrogens (tertiary/aromatic N) is 3. The molecular formula is C47H39Cl2N5O5S2. The monoisotopic (exact) mass is 887 g/mol. The molecule has 6 aromatic rings. The number of aromatic nitrogens is 1. The van der Waals surface area contributed by atoms with Crippen molar-refractivity contribution in [2.45, 2.75) is 34.3 Å². The van der Waals surface area contributed by atoms with Crippen LogP contribution in [0.1, 0.15) is 46.0 Å². The first kappa shape index (κ1) is 41.8. The van der Waals surface area contributed by atoms with Crippen molar-refractivity contribution in [2.75, 3.05) is 18.2 Å². The molecule has 2 amide bonds. The van der Waals surface area contributed by atoms with Gasteiger partial charge in [0.15, 0.2) is 16.9 Å². The highest BCUT2D eigenvalue weighted by atomic mass is 35.5. The molecule has 2 aliphatic rings. The number of fused-ring (bicyclic) bond motifs is 1. The van der Waals surface area contributed by atoms with Crippen LogP contribution in [-0.4, -0.2) is 62.5 Å². The molecule has 0 bridgehead atoms. The van der Waals surface area contributed by atoms with E-state index in [1.54, 1.807) is 5.38 Å². The fourth-order valence-corrected chi connectivity index (χ4v) is 10.1. The van der Waals surface area contributed by atoms with Crippen LogP contribution in [0.5, 0.6) is 0 Å². The van der Waals surface area contributed by atoms with Crippen LogP contribution in [0.15, 0.2) is 173 Å². The van der Waals surface area contributed by atoms with Crippen LogP contribution in [0.4, 0.5) is 5.13 Å². The SMILES string of the molecule is CON=C(C(=O)NC1C(=O)N2C(C(=O)OC(c3ccccc3)c3ccccc3)=C(CC(Cl)Cl)CSC12)c1csc(NC(c2ccccc2)(c2ccccc2)c2ccccc2)n1. The van der Waals surface area contributed by atoms with Gasteiger partial charge in [-0.05, 0) is 33.4 Å². The number of hydrogen-bond donors (Lipinski definition) is 2. The number of thioether (sulfide) groups is 1. The molecule has 2 atom stereocenters. The third-order valence-electron chi connectivity index (χ3n) is 10.4. The summed E-state index contributed by atoms with van der Waals surface area (Å²) >= 11 is 15.2. The molecule has 2 aliphatic heterocycles. The zero-order valence-electron chi connectivity index (χ0n) is 32.7. The van der Waals surface area contributed by atoms with Crippen molar-refractivity contribution >= 4 is 74.9 Å². The highest BCUT2D eigenvalue weighted by Crippen LogP contribution is 2.44. The number of nitrogens with one attached hydrogen (secondary N) is 2. The lowest BCUT2D eigenvalue weighted by atomic mass is 9.77. The van der Waals surface area contributed by atoms with Gasteiger partial charge in [-0.1, -0.05) is 157 Å². The topological polar surface area (TPSA) is 122 Å². The van der Waals surface area contributed by atoms with Crippen LogP contribution in [-0.2, 0) is 29.5 Å². The predicted molar refractivity (Wildman–Crippen MR) is 241 cm³/mol. The van der Waals surface area contributed by atoms with Crippen molar-refractivity contribution < 1.29 is 24.0 Å². The Bertz CT molecular complexity index is 2410. The van der Waals surface area contributed by atoms with E-state index in [0.29, 0.717) is 16.5 Å². The molecule has 1 aromatic heterocycles. The van der Waals surface area contributed by atoms with Gasteiger partial charge < -0.3 is 20.2 Å². The second-order valence-corrected chi connectivity index (χ2v) is 17.4. The molecular weight excluding hydrogens is 850 g/mol. The normalized spacial score (nSPS) is 16.5. The van der Waals surface area contributed by atoms with Crippen LogP contribution in [0.3, 0.4) is 0 Å². The summed E-state index contributed by atoms with van der Waals surface area (Å²) in [5.74, 6) is -1.55. The molecule has 2 N–H and O–H groups in total. The standard InChI is InChI=1S/C47H39Cl2N5O5S2/c1-58-53-38(36-29-61-46(50-36)52-47(33-21-11-4-12-22-33,34-23-13-5-14-24-34)35-25-15-6-16-26-35)42(55)51-39-43(56)54-40(32(27-37(48)49)28-60-44(39)54)45(57)59-41(30-17-7-2-8-18-30)31-19-9-3-10-20-31/h2-26,29,37,39,41,44H,27-28H2,1H3,(H,50,52)(H,51,55). The number of halogens is 2. The minimum atomic E-state index is -0.996. The van der Waals surface area contributed by atoms with Gasteiger partial charge in [0.25, 0.3) is 11.8 Å². The first-order valence-corrected chi connectivity index (χ1v) is 22.2. The largest absolute Gasteiger partial charge is 0.448 e. The molecule has 8 rings (SSSR count).